The van der Waals surface area contributed by atoms with Crippen LogP contribution in [0.3, 0.4) is 0 Å². The van der Waals surface area contributed by atoms with Crippen LogP contribution in [-0.2, 0) is 11.2 Å². The maximum absolute atomic E-state index is 13.3. The van der Waals surface area contributed by atoms with Crippen molar-refractivity contribution in [3.8, 4) is 0 Å². The van der Waals surface area contributed by atoms with Crippen molar-refractivity contribution >= 4 is 34.8 Å². The van der Waals surface area contributed by atoms with Crippen molar-refractivity contribution < 1.29 is 14.3 Å². The largest absolute Gasteiger partial charge is 0.395 e. The Morgan fingerprint density at radius 1 is 1.14 bits per heavy atom. The molecule has 6 heteroatoms. The monoisotopic (exact) mass is 341 g/mol. The van der Waals surface area contributed by atoms with E-state index in [0.717, 1.165) is 0 Å². The van der Waals surface area contributed by atoms with Crippen LogP contribution in [0.1, 0.15) is 5.56 Å². The number of hydrogen-bond acceptors (Lipinski definition) is 2. The zero-order valence-electron chi connectivity index (χ0n) is 11.6. The van der Waals surface area contributed by atoms with E-state index in [2.05, 4.69) is 0 Å². The molecule has 0 aliphatic rings. The van der Waals surface area contributed by atoms with Crippen molar-refractivity contribution in [1.29, 1.82) is 0 Å². The van der Waals surface area contributed by atoms with Crippen LogP contribution in [0.5, 0.6) is 0 Å². The van der Waals surface area contributed by atoms with Gasteiger partial charge in [-0.15, -0.1) is 0 Å². The average molecular weight is 342 g/mol. The number of hydrogen-bond donors (Lipinski definition) is 1. The van der Waals surface area contributed by atoms with E-state index in [0.29, 0.717) is 21.3 Å². The third-order valence-corrected chi connectivity index (χ3v) is 3.84. The lowest BCUT2D eigenvalue weighted by atomic mass is 10.1. The van der Waals surface area contributed by atoms with Gasteiger partial charge in [0.2, 0.25) is 5.91 Å². The number of amides is 1. The third-order valence-electron chi connectivity index (χ3n) is 3.13. The SMILES string of the molecule is O=C(Cc1c(Cl)cccc1Cl)N(CCO)c1cccc(F)c1. The summed E-state index contributed by atoms with van der Waals surface area (Å²) in [6, 6.07) is 10.6. The van der Waals surface area contributed by atoms with Gasteiger partial charge in [-0.05, 0) is 35.9 Å². The Morgan fingerprint density at radius 3 is 2.36 bits per heavy atom. The van der Waals surface area contributed by atoms with Crippen LogP contribution in [0.25, 0.3) is 0 Å². The Kier molecular flexibility index (Phi) is 5.77. The molecule has 0 unspecified atom stereocenters. The highest BCUT2D eigenvalue weighted by molar-refractivity contribution is 6.36. The Morgan fingerprint density at radius 2 is 1.77 bits per heavy atom. The van der Waals surface area contributed by atoms with Gasteiger partial charge >= 0.3 is 0 Å². The molecule has 116 valence electrons. The molecular weight excluding hydrogens is 328 g/mol. The predicted molar refractivity (Wildman–Crippen MR) is 86.0 cm³/mol. The van der Waals surface area contributed by atoms with Gasteiger partial charge in [0.05, 0.1) is 13.0 Å². The summed E-state index contributed by atoms with van der Waals surface area (Å²) in [5.41, 5.74) is 0.886. The summed E-state index contributed by atoms with van der Waals surface area (Å²) in [5, 5.41) is 9.94. The normalized spacial score (nSPS) is 10.5. The second-order valence-corrected chi connectivity index (χ2v) is 5.44. The lowest BCUT2D eigenvalue weighted by Crippen LogP contribution is -2.35. The first-order valence-corrected chi connectivity index (χ1v) is 7.38. The highest BCUT2D eigenvalue weighted by Gasteiger charge is 2.19. The maximum Gasteiger partial charge on any atom is 0.231 e. The number of aliphatic hydroxyl groups is 1. The second kappa shape index (κ2) is 7.58. The molecule has 0 aliphatic carbocycles. The van der Waals surface area contributed by atoms with Gasteiger partial charge in [0.1, 0.15) is 5.82 Å². The van der Waals surface area contributed by atoms with E-state index >= 15 is 0 Å². The maximum atomic E-state index is 13.3. The molecule has 0 heterocycles. The van der Waals surface area contributed by atoms with Crippen LogP contribution in [0.15, 0.2) is 42.5 Å². The first-order valence-electron chi connectivity index (χ1n) is 6.62. The van der Waals surface area contributed by atoms with Crippen LogP contribution < -0.4 is 4.90 Å². The minimum atomic E-state index is -0.455. The van der Waals surface area contributed by atoms with Crippen molar-refractivity contribution in [3.05, 3.63) is 63.9 Å². The van der Waals surface area contributed by atoms with Crippen LogP contribution in [0.4, 0.5) is 10.1 Å². The number of carbonyl (C=O) groups is 1. The Labute approximate surface area is 137 Å². The fraction of sp³-hybridized carbons (Fsp3) is 0.188. The van der Waals surface area contributed by atoms with Gasteiger partial charge in [0, 0.05) is 22.3 Å². The molecule has 0 spiro atoms. The van der Waals surface area contributed by atoms with Crippen LogP contribution >= 0.6 is 23.2 Å². The summed E-state index contributed by atoms with van der Waals surface area (Å²) in [7, 11) is 0. The number of aliphatic hydroxyl groups excluding tert-OH is 1. The molecule has 0 bridgehead atoms. The lowest BCUT2D eigenvalue weighted by Gasteiger charge is -2.22. The molecule has 0 saturated carbocycles. The first kappa shape index (κ1) is 16.7. The molecule has 22 heavy (non-hydrogen) atoms. The fourth-order valence-corrected chi connectivity index (χ4v) is 2.62. The number of nitrogens with zero attached hydrogens (tertiary/aromatic N) is 1. The highest BCUT2D eigenvalue weighted by Crippen LogP contribution is 2.26. The van der Waals surface area contributed by atoms with Crippen LogP contribution in [-0.4, -0.2) is 24.2 Å². The summed E-state index contributed by atoms with van der Waals surface area (Å²) in [5.74, 6) is -0.779. The molecule has 0 fully saturated rings. The van der Waals surface area contributed by atoms with Gasteiger partial charge < -0.3 is 10.0 Å². The molecule has 0 radical (unpaired) electrons. The van der Waals surface area contributed by atoms with E-state index in [4.69, 9.17) is 28.3 Å². The summed E-state index contributed by atoms with van der Waals surface area (Å²) in [6.07, 6.45) is -0.0327. The van der Waals surface area contributed by atoms with Gasteiger partial charge in [-0.3, -0.25) is 4.79 Å². The second-order valence-electron chi connectivity index (χ2n) is 4.63. The van der Waals surface area contributed by atoms with E-state index in [9.17, 15) is 9.18 Å². The lowest BCUT2D eigenvalue weighted by molar-refractivity contribution is -0.118. The molecule has 0 aliphatic heterocycles. The number of halogens is 3. The van der Waals surface area contributed by atoms with Gasteiger partial charge in [0.25, 0.3) is 0 Å². The van der Waals surface area contributed by atoms with Gasteiger partial charge in [-0.1, -0.05) is 35.3 Å². The van der Waals surface area contributed by atoms with E-state index in [1.54, 1.807) is 24.3 Å². The molecule has 0 aromatic heterocycles. The zero-order valence-corrected chi connectivity index (χ0v) is 13.1. The average Bonchev–Trinajstić information content (AvgIpc) is 2.48. The summed E-state index contributed by atoms with van der Waals surface area (Å²) >= 11 is 12.1. The minimum Gasteiger partial charge on any atom is -0.395 e. The molecule has 2 aromatic rings. The third kappa shape index (κ3) is 3.97. The Bertz CT molecular complexity index is 659. The molecule has 1 N–H and O–H groups in total. The Balaban J connectivity index is 2.27. The molecule has 0 atom stereocenters. The predicted octanol–water partition coefficient (Wildman–Crippen LogP) is 3.70. The summed E-state index contributed by atoms with van der Waals surface area (Å²) in [4.78, 5) is 13.8. The molecule has 2 rings (SSSR count). The standard InChI is InChI=1S/C16H14Cl2FNO2/c17-14-5-2-6-15(18)13(14)10-16(22)20(7-8-21)12-4-1-3-11(19)9-12/h1-6,9,21H,7-8,10H2. The summed E-state index contributed by atoms with van der Waals surface area (Å²) in [6.45, 7) is -0.178. The van der Waals surface area contributed by atoms with Crippen molar-refractivity contribution in [2.24, 2.45) is 0 Å². The number of benzene rings is 2. The minimum absolute atomic E-state index is 0.0327. The first-order chi connectivity index (χ1) is 10.5. The quantitative estimate of drug-likeness (QED) is 0.900. The number of rotatable bonds is 5. The van der Waals surface area contributed by atoms with Crippen molar-refractivity contribution in [1.82, 2.24) is 0 Å². The zero-order chi connectivity index (χ0) is 16.1. The van der Waals surface area contributed by atoms with Crippen molar-refractivity contribution in [2.75, 3.05) is 18.1 Å². The van der Waals surface area contributed by atoms with E-state index in [1.165, 1.54) is 23.1 Å². The van der Waals surface area contributed by atoms with E-state index in [1.807, 2.05) is 0 Å². The highest BCUT2D eigenvalue weighted by atomic mass is 35.5. The summed E-state index contributed by atoms with van der Waals surface area (Å²) < 4.78 is 13.3. The van der Waals surface area contributed by atoms with Gasteiger partial charge in [-0.25, -0.2) is 4.39 Å². The fourth-order valence-electron chi connectivity index (χ4n) is 2.09. The van der Waals surface area contributed by atoms with E-state index < -0.39 is 5.82 Å². The van der Waals surface area contributed by atoms with Crippen LogP contribution in [0, 0.1) is 5.82 Å². The molecule has 0 saturated heterocycles. The van der Waals surface area contributed by atoms with Gasteiger partial charge in [0.15, 0.2) is 0 Å². The van der Waals surface area contributed by atoms with Crippen LogP contribution in [0.2, 0.25) is 10.0 Å². The van der Waals surface area contributed by atoms with Crippen molar-refractivity contribution in [3.63, 3.8) is 0 Å². The molecule has 2 aromatic carbocycles. The smallest absolute Gasteiger partial charge is 0.231 e. The number of carbonyl (C=O) groups excluding carboxylic acids is 1. The molecular formula is C16H14Cl2FNO2. The van der Waals surface area contributed by atoms with Crippen molar-refractivity contribution in [2.45, 2.75) is 6.42 Å². The van der Waals surface area contributed by atoms with Gasteiger partial charge in [-0.2, -0.15) is 0 Å². The number of anilines is 1. The molecule has 3 nitrogen and oxygen atoms in total. The topological polar surface area (TPSA) is 40.5 Å². The molecule has 1 amide bonds. The van der Waals surface area contributed by atoms with E-state index in [-0.39, 0.29) is 25.5 Å². The Hall–Kier alpha value is -1.62.